The Morgan fingerprint density at radius 2 is 1.80 bits per heavy atom. The summed E-state index contributed by atoms with van der Waals surface area (Å²) in [6, 6.07) is 14.8. The average molecular weight is 495 g/mol. The Morgan fingerprint density at radius 1 is 1.11 bits per heavy atom. The quantitative estimate of drug-likeness (QED) is 0.532. The maximum atomic E-state index is 13.0. The van der Waals surface area contributed by atoms with Crippen molar-refractivity contribution >= 4 is 23.4 Å². The first-order valence-electron chi connectivity index (χ1n) is 11.9. The van der Waals surface area contributed by atoms with E-state index < -0.39 is 0 Å². The van der Waals surface area contributed by atoms with Gasteiger partial charge < -0.3 is 15.0 Å². The van der Waals surface area contributed by atoms with Gasteiger partial charge in [-0.1, -0.05) is 43.6 Å². The molecule has 8 heteroatoms. The Balaban J connectivity index is 1.43. The minimum absolute atomic E-state index is 0.00223. The summed E-state index contributed by atoms with van der Waals surface area (Å²) in [7, 11) is 0. The second-order valence-electron chi connectivity index (χ2n) is 9.34. The lowest BCUT2D eigenvalue weighted by molar-refractivity contribution is -0.0586. The van der Waals surface area contributed by atoms with Gasteiger partial charge in [-0.05, 0) is 55.7 Å². The molecule has 1 saturated heterocycles. The number of nitrogens with one attached hydrogen (secondary N) is 1. The maximum absolute atomic E-state index is 13.0. The first-order chi connectivity index (χ1) is 16.7. The highest BCUT2D eigenvalue weighted by Crippen LogP contribution is 2.24. The van der Waals surface area contributed by atoms with Crippen molar-refractivity contribution in [2.45, 2.75) is 52.4 Å². The second-order valence-corrected chi connectivity index (χ2v) is 9.77. The molecule has 2 amide bonds. The molecule has 0 bridgehead atoms. The van der Waals surface area contributed by atoms with Gasteiger partial charge in [0.2, 0.25) is 0 Å². The standard InChI is InChI=1S/C27H31ClN4O3/c1-17(2)25-24(14-30-32(25)23-7-5-6-22(28)12-23)26(33)29-13-20-8-10-21(11-9-20)27(34)31-15-18(3)35-19(4)16-31/h5-12,14,17-19H,13,15-16H2,1-4H3,(H,29,33). The monoisotopic (exact) mass is 494 g/mol. The van der Waals surface area contributed by atoms with Crippen molar-refractivity contribution in [2.24, 2.45) is 0 Å². The van der Waals surface area contributed by atoms with Crippen LogP contribution < -0.4 is 5.32 Å². The zero-order chi connectivity index (χ0) is 25.1. The summed E-state index contributed by atoms with van der Waals surface area (Å²) in [4.78, 5) is 27.7. The first-order valence-corrected chi connectivity index (χ1v) is 12.3. The van der Waals surface area contributed by atoms with E-state index in [1.54, 1.807) is 16.9 Å². The zero-order valence-corrected chi connectivity index (χ0v) is 21.2. The molecule has 0 radical (unpaired) electrons. The molecule has 0 spiro atoms. The fourth-order valence-corrected chi connectivity index (χ4v) is 4.66. The second kappa shape index (κ2) is 10.6. The van der Waals surface area contributed by atoms with Crippen LogP contribution in [0.5, 0.6) is 0 Å². The van der Waals surface area contributed by atoms with Crippen LogP contribution in [0.25, 0.3) is 5.69 Å². The summed E-state index contributed by atoms with van der Waals surface area (Å²) in [6.45, 7) is 9.53. The lowest BCUT2D eigenvalue weighted by Gasteiger charge is -2.35. The van der Waals surface area contributed by atoms with Gasteiger partial charge in [-0.25, -0.2) is 4.68 Å². The van der Waals surface area contributed by atoms with E-state index in [-0.39, 0.29) is 29.9 Å². The Kier molecular flexibility index (Phi) is 7.57. The molecule has 2 heterocycles. The molecule has 2 unspecified atom stereocenters. The van der Waals surface area contributed by atoms with E-state index >= 15 is 0 Å². The average Bonchev–Trinajstić information content (AvgIpc) is 3.28. The molecular formula is C27H31ClN4O3. The van der Waals surface area contributed by atoms with Crippen LogP contribution in [0.2, 0.25) is 5.02 Å². The highest BCUT2D eigenvalue weighted by molar-refractivity contribution is 6.30. The van der Waals surface area contributed by atoms with Crippen LogP contribution in [-0.4, -0.2) is 51.8 Å². The number of carbonyl (C=O) groups excluding carboxylic acids is 2. The Bertz CT molecular complexity index is 1200. The number of halogens is 1. The number of morpholine rings is 1. The van der Waals surface area contributed by atoms with E-state index in [1.165, 1.54) is 0 Å². The fourth-order valence-electron chi connectivity index (χ4n) is 4.47. The molecule has 1 fully saturated rings. The third kappa shape index (κ3) is 5.74. The summed E-state index contributed by atoms with van der Waals surface area (Å²) in [5, 5.41) is 8.05. The number of hydrogen-bond acceptors (Lipinski definition) is 4. The van der Waals surface area contributed by atoms with Gasteiger partial charge in [0.15, 0.2) is 0 Å². The van der Waals surface area contributed by atoms with Gasteiger partial charge in [0.25, 0.3) is 11.8 Å². The SMILES string of the molecule is CC1CN(C(=O)c2ccc(CNC(=O)c3cnn(-c4cccc(Cl)c4)c3C(C)C)cc2)CC(C)O1. The van der Waals surface area contributed by atoms with Gasteiger partial charge in [0, 0.05) is 30.2 Å². The largest absolute Gasteiger partial charge is 0.372 e. The molecule has 1 aromatic heterocycles. The molecule has 184 valence electrons. The van der Waals surface area contributed by atoms with E-state index in [0.717, 1.165) is 16.9 Å². The summed E-state index contributed by atoms with van der Waals surface area (Å²) >= 11 is 6.15. The molecule has 2 atom stereocenters. The zero-order valence-electron chi connectivity index (χ0n) is 20.5. The number of nitrogens with zero attached hydrogens (tertiary/aromatic N) is 3. The van der Waals surface area contributed by atoms with Crippen LogP contribution in [0.15, 0.2) is 54.7 Å². The van der Waals surface area contributed by atoms with E-state index in [4.69, 9.17) is 16.3 Å². The van der Waals surface area contributed by atoms with E-state index in [1.807, 2.05) is 75.1 Å². The van der Waals surface area contributed by atoms with Crippen molar-refractivity contribution < 1.29 is 14.3 Å². The predicted octanol–water partition coefficient (Wildman–Crippen LogP) is 4.83. The van der Waals surface area contributed by atoms with Gasteiger partial charge in [-0.2, -0.15) is 5.10 Å². The molecule has 0 aliphatic carbocycles. The van der Waals surface area contributed by atoms with Crippen LogP contribution in [0.3, 0.4) is 0 Å². The van der Waals surface area contributed by atoms with E-state index in [2.05, 4.69) is 10.4 Å². The molecule has 0 saturated carbocycles. The molecule has 2 aromatic carbocycles. The first kappa shape index (κ1) is 24.9. The Labute approximate surface area is 211 Å². The summed E-state index contributed by atoms with van der Waals surface area (Å²) < 4.78 is 7.48. The summed E-state index contributed by atoms with van der Waals surface area (Å²) in [6.07, 6.45) is 1.64. The third-order valence-corrected chi connectivity index (χ3v) is 6.25. The van der Waals surface area contributed by atoms with Gasteiger partial charge >= 0.3 is 0 Å². The molecule has 4 rings (SSSR count). The van der Waals surface area contributed by atoms with Crippen LogP contribution in [0, 0.1) is 0 Å². The smallest absolute Gasteiger partial charge is 0.255 e. The fraction of sp³-hybridized carbons (Fsp3) is 0.370. The van der Waals surface area contributed by atoms with Gasteiger partial charge in [-0.3, -0.25) is 9.59 Å². The van der Waals surface area contributed by atoms with Crippen LogP contribution >= 0.6 is 11.6 Å². The number of ether oxygens (including phenoxy) is 1. The number of benzene rings is 2. The van der Waals surface area contributed by atoms with Crippen molar-refractivity contribution in [1.29, 1.82) is 0 Å². The van der Waals surface area contributed by atoms with Crippen molar-refractivity contribution in [3.63, 3.8) is 0 Å². The normalized spacial score (nSPS) is 18.1. The van der Waals surface area contributed by atoms with E-state index in [0.29, 0.717) is 35.8 Å². The maximum Gasteiger partial charge on any atom is 0.255 e. The molecule has 1 aliphatic heterocycles. The topological polar surface area (TPSA) is 76.5 Å². The lowest BCUT2D eigenvalue weighted by atomic mass is 10.0. The van der Waals surface area contributed by atoms with Crippen molar-refractivity contribution in [2.75, 3.05) is 13.1 Å². The number of hydrogen-bond donors (Lipinski definition) is 1. The van der Waals surface area contributed by atoms with Gasteiger partial charge in [0.1, 0.15) is 0 Å². The van der Waals surface area contributed by atoms with Crippen LogP contribution in [0.1, 0.15) is 65.6 Å². The molecule has 7 nitrogen and oxygen atoms in total. The lowest BCUT2D eigenvalue weighted by Crippen LogP contribution is -2.48. The Morgan fingerprint density at radius 3 is 2.43 bits per heavy atom. The van der Waals surface area contributed by atoms with Crippen molar-refractivity contribution in [1.82, 2.24) is 20.0 Å². The van der Waals surface area contributed by atoms with Gasteiger partial charge in [0.05, 0.1) is 35.3 Å². The highest BCUT2D eigenvalue weighted by atomic mass is 35.5. The highest BCUT2D eigenvalue weighted by Gasteiger charge is 2.26. The van der Waals surface area contributed by atoms with Crippen molar-refractivity contribution in [3.8, 4) is 5.69 Å². The summed E-state index contributed by atoms with van der Waals surface area (Å²) in [5.41, 5.74) is 3.70. The van der Waals surface area contributed by atoms with Crippen molar-refractivity contribution in [3.05, 3.63) is 82.1 Å². The van der Waals surface area contributed by atoms with Gasteiger partial charge in [-0.15, -0.1) is 0 Å². The Hall–Kier alpha value is -3.16. The minimum Gasteiger partial charge on any atom is -0.372 e. The van der Waals surface area contributed by atoms with Crippen LogP contribution in [0.4, 0.5) is 0 Å². The molecule has 35 heavy (non-hydrogen) atoms. The summed E-state index contributed by atoms with van der Waals surface area (Å²) in [5.74, 6) is -0.121. The third-order valence-electron chi connectivity index (χ3n) is 6.01. The predicted molar refractivity (Wildman–Crippen MR) is 136 cm³/mol. The van der Waals surface area contributed by atoms with Crippen LogP contribution in [-0.2, 0) is 11.3 Å². The molecule has 1 N–H and O–H groups in total. The number of aromatic nitrogens is 2. The van der Waals surface area contributed by atoms with E-state index in [9.17, 15) is 9.59 Å². The minimum atomic E-state index is -0.196. The number of amides is 2. The number of rotatable bonds is 6. The molecular weight excluding hydrogens is 464 g/mol. The molecule has 3 aromatic rings. The number of carbonyl (C=O) groups is 2. The molecule has 1 aliphatic rings.